The molecule has 0 saturated carbocycles. The number of hydrogen-bond donors (Lipinski definition) is 1. The van der Waals surface area contributed by atoms with Gasteiger partial charge in [-0.25, -0.2) is 0 Å². The maximum atomic E-state index is 12.6. The maximum Gasteiger partial charge on any atom is 0.227 e. The van der Waals surface area contributed by atoms with Crippen molar-refractivity contribution in [3.8, 4) is 0 Å². The van der Waals surface area contributed by atoms with E-state index in [0.29, 0.717) is 17.9 Å². The number of carbonyl (C=O) groups excluding carboxylic acids is 1. The van der Waals surface area contributed by atoms with E-state index in [1.165, 1.54) is 38.8 Å². The van der Waals surface area contributed by atoms with E-state index < -0.39 is 0 Å². The summed E-state index contributed by atoms with van der Waals surface area (Å²) in [7, 11) is 0. The predicted molar refractivity (Wildman–Crippen MR) is 75.9 cm³/mol. The quantitative estimate of drug-likeness (QED) is 0.807. The van der Waals surface area contributed by atoms with Gasteiger partial charge in [-0.2, -0.15) is 0 Å². The van der Waals surface area contributed by atoms with Gasteiger partial charge in [0.05, 0.1) is 5.92 Å². The van der Waals surface area contributed by atoms with Crippen molar-refractivity contribution in [3.63, 3.8) is 0 Å². The van der Waals surface area contributed by atoms with Crippen molar-refractivity contribution in [2.45, 2.75) is 38.6 Å². The maximum absolute atomic E-state index is 12.6. The van der Waals surface area contributed by atoms with E-state index in [-0.39, 0.29) is 5.92 Å². The van der Waals surface area contributed by atoms with Crippen molar-refractivity contribution in [1.82, 2.24) is 15.1 Å². The molecule has 3 rings (SSSR count). The Kier molecular flexibility index (Phi) is 4.08. The van der Waals surface area contributed by atoms with Gasteiger partial charge < -0.3 is 10.2 Å². The average Bonchev–Trinajstić information content (AvgIpc) is 3.08. The molecule has 3 atom stereocenters. The molecule has 3 saturated heterocycles. The van der Waals surface area contributed by atoms with E-state index in [1.807, 2.05) is 0 Å². The van der Waals surface area contributed by atoms with Crippen LogP contribution in [0.3, 0.4) is 0 Å². The number of carbonyl (C=O) groups is 1. The summed E-state index contributed by atoms with van der Waals surface area (Å²) in [5, 5.41) is 3.34. The third-order valence-electron chi connectivity index (χ3n) is 5.22. The summed E-state index contributed by atoms with van der Waals surface area (Å²) < 4.78 is 0. The first-order valence-corrected chi connectivity index (χ1v) is 7.99. The molecule has 0 aromatic heterocycles. The molecule has 3 aliphatic rings. The van der Waals surface area contributed by atoms with Crippen molar-refractivity contribution in [1.29, 1.82) is 0 Å². The molecule has 1 amide bonds. The molecule has 108 valence electrons. The molecule has 0 aromatic carbocycles. The van der Waals surface area contributed by atoms with Gasteiger partial charge in [-0.05, 0) is 44.8 Å². The summed E-state index contributed by atoms with van der Waals surface area (Å²) in [6.45, 7) is 8.51. The standard InChI is InChI=1S/C15H27N3O/c1-12-9-16-10-14(12)15(19)18-8-5-13(11-18)17-6-3-2-4-7-17/h12-14,16H,2-11H2,1H3/t12-,13?,14-/m1/s1. The Morgan fingerprint density at radius 2 is 1.89 bits per heavy atom. The second-order valence-electron chi connectivity index (χ2n) is 6.57. The minimum Gasteiger partial charge on any atom is -0.341 e. The van der Waals surface area contributed by atoms with E-state index in [9.17, 15) is 4.79 Å². The van der Waals surface area contributed by atoms with Crippen molar-refractivity contribution in [2.75, 3.05) is 39.3 Å². The van der Waals surface area contributed by atoms with Crippen LogP contribution in [0.25, 0.3) is 0 Å². The van der Waals surface area contributed by atoms with Gasteiger partial charge in [0, 0.05) is 25.7 Å². The van der Waals surface area contributed by atoms with Crippen molar-refractivity contribution in [3.05, 3.63) is 0 Å². The van der Waals surface area contributed by atoms with Crippen LogP contribution in [0.5, 0.6) is 0 Å². The van der Waals surface area contributed by atoms with E-state index in [0.717, 1.165) is 26.2 Å². The number of amides is 1. The highest BCUT2D eigenvalue weighted by atomic mass is 16.2. The van der Waals surface area contributed by atoms with Gasteiger partial charge in [0.1, 0.15) is 0 Å². The monoisotopic (exact) mass is 265 g/mol. The van der Waals surface area contributed by atoms with Crippen LogP contribution in [0.2, 0.25) is 0 Å². The number of likely N-dealkylation sites (tertiary alicyclic amines) is 2. The number of nitrogens with zero attached hydrogens (tertiary/aromatic N) is 2. The molecule has 3 heterocycles. The predicted octanol–water partition coefficient (Wildman–Crippen LogP) is 0.929. The third kappa shape index (κ3) is 2.79. The van der Waals surface area contributed by atoms with Gasteiger partial charge in [-0.1, -0.05) is 13.3 Å². The molecular weight excluding hydrogens is 238 g/mol. The molecular formula is C15H27N3O. The van der Waals surface area contributed by atoms with Crippen LogP contribution in [0.1, 0.15) is 32.6 Å². The van der Waals surface area contributed by atoms with E-state index in [1.54, 1.807) is 0 Å². The largest absolute Gasteiger partial charge is 0.341 e. The summed E-state index contributed by atoms with van der Waals surface area (Å²) in [5.41, 5.74) is 0. The zero-order valence-electron chi connectivity index (χ0n) is 12.1. The van der Waals surface area contributed by atoms with Crippen LogP contribution in [0, 0.1) is 11.8 Å². The topological polar surface area (TPSA) is 35.6 Å². The highest BCUT2D eigenvalue weighted by Crippen LogP contribution is 2.24. The zero-order chi connectivity index (χ0) is 13.2. The number of piperidine rings is 1. The molecule has 1 unspecified atom stereocenters. The van der Waals surface area contributed by atoms with Gasteiger partial charge in [0.2, 0.25) is 5.91 Å². The Labute approximate surface area is 116 Å². The molecule has 0 aliphatic carbocycles. The summed E-state index contributed by atoms with van der Waals surface area (Å²) in [6, 6.07) is 0.633. The van der Waals surface area contributed by atoms with Crippen LogP contribution in [-0.2, 0) is 4.79 Å². The van der Waals surface area contributed by atoms with E-state index in [4.69, 9.17) is 0 Å². The molecule has 4 heteroatoms. The van der Waals surface area contributed by atoms with Crippen LogP contribution < -0.4 is 5.32 Å². The van der Waals surface area contributed by atoms with Crippen LogP contribution >= 0.6 is 0 Å². The fraction of sp³-hybridized carbons (Fsp3) is 0.933. The first-order chi connectivity index (χ1) is 9.25. The van der Waals surface area contributed by atoms with Gasteiger partial charge in [0.15, 0.2) is 0 Å². The van der Waals surface area contributed by atoms with Gasteiger partial charge in [-0.3, -0.25) is 9.69 Å². The summed E-state index contributed by atoms with van der Waals surface area (Å²) >= 11 is 0. The summed E-state index contributed by atoms with van der Waals surface area (Å²) in [6.07, 6.45) is 5.25. The first kappa shape index (κ1) is 13.4. The second kappa shape index (κ2) is 5.80. The van der Waals surface area contributed by atoms with Crippen LogP contribution in [-0.4, -0.2) is 61.0 Å². The molecule has 19 heavy (non-hydrogen) atoms. The molecule has 3 fully saturated rings. The van der Waals surface area contributed by atoms with Gasteiger partial charge >= 0.3 is 0 Å². The summed E-state index contributed by atoms with van der Waals surface area (Å²) in [4.78, 5) is 17.3. The fourth-order valence-corrected chi connectivity index (χ4v) is 3.90. The molecule has 0 radical (unpaired) electrons. The Balaban J connectivity index is 1.54. The summed E-state index contributed by atoms with van der Waals surface area (Å²) in [5.74, 6) is 1.12. The Bertz CT molecular complexity index is 327. The highest BCUT2D eigenvalue weighted by Gasteiger charge is 2.37. The highest BCUT2D eigenvalue weighted by molar-refractivity contribution is 5.80. The lowest BCUT2D eigenvalue weighted by molar-refractivity contribution is -0.135. The Hall–Kier alpha value is -0.610. The average molecular weight is 265 g/mol. The number of rotatable bonds is 2. The molecule has 4 nitrogen and oxygen atoms in total. The van der Waals surface area contributed by atoms with Crippen molar-refractivity contribution < 1.29 is 4.79 Å². The fourth-order valence-electron chi connectivity index (χ4n) is 3.90. The molecule has 0 spiro atoms. The minimum atomic E-state index is 0.222. The molecule has 3 aliphatic heterocycles. The number of nitrogens with one attached hydrogen (secondary N) is 1. The first-order valence-electron chi connectivity index (χ1n) is 7.99. The zero-order valence-corrected chi connectivity index (χ0v) is 12.1. The molecule has 0 bridgehead atoms. The van der Waals surface area contributed by atoms with Crippen molar-refractivity contribution in [2.24, 2.45) is 11.8 Å². The SMILES string of the molecule is C[C@@H]1CNC[C@H]1C(=O)N1CCC(N2CCCCC2)C1. The molecule has 0 aromatic rings. The smallest absolute Gasteiger partial charge is 0.227 e. The van der Waals surface area contributed by atoms with Gasteiger partial charge in [-0.15, -0.1) is 0 Å². The lowest BCUT2D eigenvalue weighted by Crippen LogP contribution is -2.43. The van der Waals surface area contributed by atoms with Gasteiger partial charge in [0.25, 0.3) is 0 Å². The third-order valence-corrected chi connectivity index (χ3v) is 5.22. The lowest BCUT2D eigenvalue weighted by atomic mass is 9.97. The lowest BCUT2D eigenvalue weighted by Gasteiger charge is -2.32. The molecule has 1 N–H and O–H groups in total. The van der Waals surface area contributed by atoms with E-state index in [2.05, 4.69) is 22.0 Å². The normalized spacial score (nSPS) is 36.9. The Morgan fingerprint density at radius 1 is 1.11 bits per heavy atom. The van der Waals surface area contributed by atoms with Crippen LogP contribution in [0.15, 0.2) is 0 Å². The minimum absolute atomic E-state index is 0.222. The van der Waals surface area contributed by atoms with Crippen molar-refractivity contribution >= 4 is 5.91 Å². The van der Waals surface area contributed by atoms with E-state index >= 15 is 0 Å². The number of hydrogen-bond acceptors (Lipinski definition) is 3. The Morgan fingerprint density at radius 3 is 2.58 bits per heavy atom. The second-order valence-corrected chi connectivity index (χ2v) is 6.57. The van der Waals surface area contributed by atoms with Crippen LogP contribution in [0.4, 0.5) is 0 Å².